The van der Waals surface area contributed by atoms with Crippen molar-refractivity contribution in [2.45, 2.75) is 12.5 Å². The van der Waals surface area contributed by atoms with E-state index in [2.05, 4.69) is 0 Å². The van der Waals surface area contributed by atoms with Crippen molar-refractivity contribution in [1.29, 1.82) is 0 Å². The van der Waals surface area contributed by atoms with Crippen molar-refractivity contribution in [2.75, 3.05) is 12.5 Å². The van der Waals surface area contributed by atoms with Crippen LogP contribution in [0, 0.1) is 0 Å². The third kappa shape index (κ3) is 4.05. The monoisotopic (exact) mass is 124 g/mol. The van der Waals surface area contributed by atoms with Gasteiger partial charge < -0.3 is 10.2 Å². The van der Waals surface area contributed by atoms with Crippen LogP contribution in [0.2, 0.25) is 0 Å². The molecule has 0 saturated carbocycles. The molecule has 2 nitrogen and oxygen atoms in total. The highest BCUT2D eigenvalue weighted by Gasteiger charge is 1.96. The maximum atomic E-state index is 8.52. The number of rotatable bonds is 3. The van der Waals surface area contributed by atoms with Crippen molar-refractivity contribution in [1.82, 2.24) is 0 Å². The van der Waals surface area contributed by atoms with E-state index in [0.717, 1.165) is 0 Å². The molecule has 0 aliphatic rings. The van der Waals surface area contributed by atoms with Gasteiger partial charge in [0, 0.05) is 5.88 Å². The Balaban J connectivity index is 2.83. The van der Waals surface area contributed by atoms with Gasteiger partial charge >= 0.3 is 0 Å². The zero-order valence-electron chi connectivity index (χ0n) is 3.97. The van der Waals surface area contributed by atoms with Crippen LogP contribution in [0.3, 0.4) is 0 Å². The van der Waals surface area contributed by atoms with Gasteiger partial charge in [0.2, 0.25) is 0 Å². The Hall–Kier alpha value is 0.210. The second kappa shape index (κ2) is 4.37. The molecule has 0 aromatic heterocycles. The zero-order chi connectivity index (χ0) is 5.70. The van der Waals surface area contributed by atoms with E-state index in [1.54, 1.807) is 0 Å². The number of aliphatic hydroxyl groups excluding tert-OH is 2. The normalized spacial score (nSPS) is 14.1. The van der Waals surface area contributed by atoms with Crippen LogP contribution in [-0.4, -0.2) is 28.8 Å². The minimum atomic E-state index is -0.627. The molecule has 0 aliphatic carbocycles. The Labute approximate surface area is 47.7 Å². The van der Waals surface area contributed by atoms with E-state index in [-0.39, 0.29) is 6.61 Å². The maximum Gasteiger partial charge on any atom is 0.0782 e. The molecule has 0 saturated heterocycles. The van der Waals surface area contributed by atoms with Crippen molar-refractivity contribution in [3.05, 3.63) is 0 Å². The first-order chi connectivity index (χ1) is 3.31. The first-order valence-corrected chi connectivity index (χ1v) is 2.69. The Bertz CT molecular complexity index is 40.7. The molecule has 0 spiro atoms. The molecular weight excluding hydrogens is 115 g/mol. The number of alkyl halides is 1. The topological polar surface area (TPSA) is 40.5 Å². The first kappa shape index (κ1) is 7.21. The second-order valence-electron chi connectivity index (χ2n) is 1.31. The molecule has 0 aromatic carbocycles. The predicted molar refractivity (Wildman–Crippen MR) is 28.4 cm³/mol. The van der Waals surface area contributed by atoms with Gasteiger partial charge in [0.25, 0.3) is 0 Å². The Kier molecular flexibility index (Phi) is 4.50. The van der Waals surface area contributed by atoms with E-state index < -0.39 is 6.10 Å². The molecule has 0 unspecified atom stereocenters. The van der Waals surface area contributed by atoms with Crippen LogP contribution in [0.25, 0.3) is 0 Å². The van der Waals surface area contributed by atoms with E-state index in [9.17, 15) is 0 Å². The van der Waals surface area contributed by atoms with Gasteiger partial charge in [-0.15, -0.1) is 11.6 Å². The van der Waals surface area contributed by atoms with E-state index in [4.69, 9.17) is 21.8 Å². The summed E-state index contributed by atoms with van der Waals surface area (Å²) in [6.45, 7) is -0.188. The zero-order valence-corrected chi connectivity index (χ0v) is 4.73. The van der Waals surface area contributed by atoms with Gasteiger partial charge in [0.1, 0.15) is 0 Å². The summed E-state index contributed by atoms with van der Waals surface area (Å²) >= 11 is 5.20. The molecule has 0 aromatic rings. The number of halogens is 1. The largest absolute Gasteiger partial charge is 0.394 e. The summed E-state index contributed by atoms with van der Waals surface area (Å²) in [5.41, 5.74) is 0. The lowest BCUT2D eigenvalue weighted by Crippen LogP contribution is -2.11. The van der Waals surface area contributed by atoms with Crippen molar-refractivity contribution < 1.29 is 10.2 Å². The van der Waals surface area contributed by atoms with E-state index >= 15 is 0 Å². The molecule has 3 heteroatoms. The lowest BCUT2D eigenvalue weighted by molar-refractivity contribution is 0.0930. The molecule has 0 aliphatic heterocycles. The Morgan fingerprint density at radius 3 is 2.29 bits per heavy atom. The SMILES string of the molecule is OC[C@@H](O)CCCl. The number of hydrogen-bond acceptors (Lipinski definition) is 2. The summed E-state index contributed by atoms with van der Waals surface area (Å²) in [6.07, 6.45) is -0.157. The molecule has 2 N–H and O–H groups in total. The summed E-state index contributed by atoms with van der Waals surface area (Å²) < 4.78 is 0. The lowest BCUT2D eigenvalue weighted by Gasteiger charge is -2.00. The maximum absolute atomic E-state index is 8.52. The van der Waals surface area contributed by atoms with E-state index in [1.165, 1.54) is 0 Å². The number of aliphatic hydroxyl groups is 2. The highest BCUT2D eigenvalue weighted by atomic mass is 35.5. The fourth-order valence-corrected chi connectivity index (χ4v) is 0.469. The molecule has 0 amide bonds. The minimum Gasteiger partial charge on any atom is -0.394 e. The summed E-state index contributed by atoms with van der Waals surface area (Å²) in [7, 11) is 0. The summed E-state index contributed by atoms with van der Waals surface area (Å²) in [4.78, 5) is 0. The van der Waals surface area contributed by atoms with Crippen LogP contribution < -0.4 is 0 Å². The van der Waals surface area contributed by atoms with Gasteiger partial charge in [-0.3, -0.25) is 0 Å². The predicted octanol–water partition coefficient (Wildman–Crippen LogP) is -0.0315. The summed E-state index contributed by atoms with van der Waals surface area (Å²) in [5, 5.41) is 16.7. The minimum absolute atomic E-state index is 0.188. The molecule has 1 atom stereocenters. The molecule has 0 fully saturated rings. The smallest absolute Gasteiger partial charge is 0.0782 e. The fraction of sp³-hybridized carbons (Fsp3) is 1.00. The quantitative estimate of drug-likeness (QED) is 0.519. The first-order valence-electron chi connectivity index (χ1n) is 2.16. The highest BCUT2D eigenvalue weighted by molar-refractivity contribution is 6.17. The van der Waals surface area contributed by atoms with Gasteiger partial charge in [-0.2, -0.15) is 0 Å². The van der Waals surface area contributed by atoms with Crippen molar-refractivity contribution >= 4 is 11.6 Å². The molecular formula is C4H9ClO2. The van der Waals surface area contributed by atoms with Crippen LogP contribution in [0.4, 0.5) is 0 Å². The van der Waals surface area contributed by atoms with Crippen molar-refractivity contribution in [3.63, 3.8) is 0 Å². The van der Waals surface area contributed by atoms with Gasteiger partial charge in [-0.05, 0) is 6.42 Å². The number of hydrogen-bond donors (Lipinski definition) is 2. The third-order valence-electron chi connectivity index (χ3n) is 0.653. The molecule has 0 radical (unpaired) electrons. The second-order valence-corrected chi connectivity index (χ2v) is 1.69. The Morgan fingerprint density at radius 1 is 1.57 bits per heavy atom. The van der Waals surface area contributed by atoms with Crippen molar-refractivity contribution in [3.8, 4) is 0 Å². The van der Waals surface area contributed by atoms with Crippen LogP contribution in [0.15, 0.2) is 0 Å². The average Bonchev–Trinajstić information content (AvgIpc) is 1.68. The average molecular weight is 125 g/mol. The van der Waals surface area contributed by atoms with Crippen LogP contribution in [-0.2, 0) is 0 Å². The molecule has 0 rings (SSSR count). The fourth-order valence-electron chi connectivity index (χ4n) is 0.217. The van der Waals surface area contributed by atoms with Crippen molar-refractivity contribution in [2.24, 2.45) is 0 Å². The van der Waals surface area contributed by atoms with Crippen LogP contribution in [0.5, 0.6) is 0 Å². The standard InChI is InChI=1S/C4H9ClO2/c5-2-1-4(7)3-6/h4,6-7H,1-3H2/t4-/m0/s1. The third-order valence-corrected chi connectivity index (χ3v) is 0.871. The van der Waals surface area contributed by atoms with Gasteiger partial charge in [0.15, 0.2) is 0 Å². The van der Waals surface area contributed by atoms with Crippen LogP contribution >= 0.6 is 11.6 Å². The summed E-state index contributed by atoms with van der Waals surface area (Å²) in [5.74, 6) is 0.404. The lowest BCUT2D eigenvalue weighted by atomic mass is 10.3. The van der Waals surface area contributed by atoms with Gasteiger partial charge in [-0.1, -0.05) is 0 Å². The van der Waals surface area contributed by atoms with Crippen LogP contribution in [0.1, 0.15) is 6.42 Å². The highest BCUT2D eigenvalue weighted by Crippen LogP contribution is 1.90. The van der Waals surface area contributed by atoms with Gasteiger partial charge in [-0.25, -0.2) is 0 Å². The van der Waals surface area contributed by atoms with E-state index in [0.29, 0.717) is 12.3 Å². The Morgan fingerprint density at radius 2 is 2.14 bits per heavy atom. The molecule has 0 bridgehead atoms. The molecule has 0 heterocycles. The summed E-state index contributed by atoms with van der Waals surface area (Å²) in [6, 6.07) is 0. The van der Waals surface area contributed by atoms with E-state index in [1.807, 2.05) is 0 Å². The molecule has 7 heavy (non-hydrogen) atoms. The van der Waals surface area contributed by atoms with Gasteiger partial charge in [0.05, 0.1) is 12.7 Å². The molecule has 44 valence electrons.